The number of fused-ring (bicyclic) bond motifs is 1. The van der Waals surface area contributed by atoms with Crippen molar-refractivity contribution in [2.75, 3.05) is 20.6 Å². The maximum atomic E-state index is 4.32. The van der Waals surface area contributed by atoms with Crippen LogP contribution in [0.25, 0.3) is 11.0 Å². The van der Waals surface area contributed by atoms with Crippen LogP contribution in [0.4, 0.5) is 0 Å². The van der Waals surface area contributed by atoms with Crippen molar-refractivity contribution in [3.8, 4) is 0 Å². The van der Waals surface area contributed by atoms with Gasteiger partial charge in [-0.15, -0.1) is 0 Å². The van der Waals surface area contributed by atoms with Crippen molar-refractivity contribution in [2.24, 2.45) is 5.92 Å². The van der Waals surface area contributed by atoms with Gasteiger partial charge in [-0.2, -0.15) is 0 Å². The van der Waals surface area contributed by atoms with Crippen LogP contribution in [0.5, 0.6) is 0 Å². The smallest absolute Gasteiger partial charge is 0.137 e. The predicted octanol–water partition coefficient (Wildman–Crippen LogP) is 2.24. The molecule has 4 nitrogen and oxygen atoms in total. The molecule has 0 aliphatic carbocycles. The lowest BCUT2D eigenvalue weighted by Gasteiger charge is -2.25. The molecule has 0 saturated carbocycles. The van der Waals surface area contributed by atoms with Crippen LogP contribution in [0.1, 0.15) is 19.4 Å². The highest BCUT2D eigenvalue weighted by Gasteiger charge is 2.14. The van der Waals surface area contributed by atoms with Crippen LogP contribution in [0.3, 0.4) is 0 Å². The molecule has 0 spiro atoms. The van der Waals surface area contributed by atoms with E-state index in [0.29, 0.717) is 12.0 Å². The van der Waals surface area contributed by atoms with Crippen LogP contribution in [0, 0.1) is 5.92 Å². The first-order valence-electron chi connectivity index (χ1n) is 6.87. The summed E-state index contributed by atoms with van der Waals surface area (Å²) in [5.74, 6) is 0.616. The number of nitrogens with zero attached hydrogens (tertiary/aromatic N) is 2. The molecule has 1 unspecified atom stereocenters. The Morgan fingerprint density at radius 2 is 2.16 bits per heavy atom. The van der Waals surface area contributed by atoms with Gasteiger partial charge in [0, 0.05) is 36.9 Å². The van der Waals surface area contributed by atoms with Crippen LogP contribution < -0.4 is 5.32 Å². The van der Waals surface area contributed by atoms with E-state index in [2.05, 4.69) is 60.4 Å². The molecule has 19 heavy (non-hydrogen) atoms. The minimum atomic E-state index is 0.497. The van der Waals surface area contributed by atoms with E-state index in [1.807, 2.05) is 12.3 Å². The maximum absolute atomic E-state index is 4.32. The first kappa shape index (κ1) is 14.0. The van der Waals surface area contributed by atoms with Crippen molar-refractivity contribution in [1.82, 2.24) is 20.2 Å². The molecule has 2 N–H and O–H groups in total. The molecule has 0 radical (unpaired) electrons. The molecule has 104 valence electrons. The first-order chi connectivity index (χ1) is 9.08. The number of likely N-dealkylation sites (N-methyl/N-ethyl adjacent to an activating group) is 1. The van der Waals surface area contributed by atoms with Gasteiger partial charge in [0.15, 0.2) is 0 Å². The fourth-order valence-corrected chi connectivity index (χ4v) is 2.30. The van der Waals surface area contributed by atoms with Crippen LogP contribution in [0.15, 0.2) is 24.5 Å². The summed E-state index contributed by atoms with van der Waals surface area (Å²) < 4.78 is 0. The zero-order valence-electron chi connectivity index (χ0n) is 12.3. The Kier molecular flexibility index (Phi) is 4.56. The second-order valence-corrected chi connectivity index (χ2v) is 5.71. The highest BCUT2D eigenvalue weighted by molar-refractivity contribution is 5.79. The third kappa shape index (κ3) is 3.55. The van der Waals surface area contributed by atoms with Crippen molar-refractivity contribution in [3.63, 3.8) is 0 Å². The minimum Gasteiger partial charge on any atom is -0.346 e. The summed E-state index contributed by atoms with van der Waals surface area (Å²) in [4.78, 5) is 9.77. The molecule has 2 aromatic heterocycles. The van der Waals surface area contributed by atoms with Gasteiger partial charge in [0.1, 0.15) is 5.65 Å². The van der Waals surface area contributed by atoms with E-state index in [4.69, 9.17) is 0 Å². The van der Waals surface area contributed by atoms with Crippen molar-refractivity contribution in [3.05, 3.63) is 30.1 Å². The van der Waals surface area contributed by atoms with Gasteiger partial charge in [-0.1, -0.05) is 13.8 Å². The van der Waals surface area contributed by atoms with E-state index in [-0.39, 0.29) is 0 Å². The minimum absolute atomic E-state index is 0.497. The summed E-state index contributed by atoms with van der Waals surface area (Å²) in [5.41, 5.74) is 2.25. The van der Waals surface area contributed by atoms with E-state index in [1.165, 1.54) is 10.9 Å². The molecule has 0 saturated heterocycles. The first-order valence-corrected chi connectivity index (χ1v) is 6.87. The van der Waals surface area contributed by atoms with E-state index < -0.39 is 0 Å². The second-order valence-electron chi connectivity index (χ2n) is 5.71. The lowest BCUT2D eigenvalue weighted by Crippen LogP contribution is -2.41. The lowest BCUT2D eigenvalue weighted by molar-refractivity contribution is 0.288. The van der Waals surface area contributed by atoms with Gasteiger partial charge in [0.2, 0.25) is 0 Å². The normalized spacial score (nSPS) is 13.6. The molecule has 0 aliphatic heterocycles. The number of H-pyrrole nitrogens is 1. The molecule has 2 aromatic rings. The third-order valence-electron chi connectivity index (χ3n) is 3.46. The number of hydrogen-bond donors (Lipinski definition) is 2. The van der Waals surface area contributed by atoms with Crippen LogP contribution in [-0.2, 0) is 6.54 Å². The fraction of sp³-hybridized carbons (Fsp3) is 0.533. The summed E-state index contributed by atoms with van der Waals surface area (Å²) in [6, 6.07) is 4.60. The Balaban J connectivity index is 2.04. The van der Waals surface area contributed by atoms with Gasteiger partial charge in [-0.25, -0.2) is 4.98 Å². The third-order valence-corrected chi connectivity index (χ3v) is 3.46. The molecule has 0 aromatic carbocycles. The van der Waals surface area contributed by atoms with Gasteiger partial charge in [-0.05, 0) is 37.7 Å². The van der Waals surface area contributed by atoms with E-state index in [9.17, 15) is 0 Å². The topological polar surface area (TPSA) is 44.0 Å². The van der Waals surface area contributed by atoms with Gasteiger partial charge in [-0.3, -0.25) is 0 Å². The van der Waals surface area contributed by atoms with Crippen molar-refractivity contribution in [2.45, 2.75) is 26.4 Å². The highest BCUT2D eigenvalue weighted by atomic mass is 15.1. The molecule has 0 fully saturated rings. The number of aromatic amines is 1. The zero-order chi connectivity index (χ0) is 13.8. The summed E-state index contributed by atoms with van der Waals surface area (Å²) in [7, 11) is 4.24. The quantitative estimate of drug-likeness (QED) is 0.837. The Morgan fingerprint density at radius 1 is 1.37 bits per heavy atom. The molecular weight excluding hydrogens is 236 g/mol. The zero-order valence-corrected chi connectivity index (χ0v) is 12.3. The number of rotatable bonds is 6. The van der Waals surface area contributed by atoms with Crippen molar-refractivity contribution >= 4 is 11.0 Å². The van der Waals surface area contributed by atoms with E-state index in [0.717, 1.165) is 18.7 Å². The Bertz CT molecular complexity index is 516. The molecule has 0 amide bonds. The predicted molar refractivity (Wildman–Crippen MR) is 80.1 cm³/mol. The average molecular weight is 260 g/mol. The molecule has 2 rings (SSSR count). The highest BCUT2D eigenvalue weighted by Crippen LogP contribution is 2.16. The van der Waals surface area contributed by atoms with Gasteiger partial charge in [0.05, 0.1) is 0 Å². The fourth-order valence-electron chi connectivity index (χ4n) is 2.30. The molecule has 2 heterocycles. The largest absolute Gasteiger partial charge is 0.346 e. The van der Waals surface area contributed by atoms with E-state index in [1.54, 1.807) is 0 Å². The van der Waals surface area contributed by atoms with Gasteiger partial charge >= 0.3 is 0 Å². The van der Waals surface area contributed by atoms with Crippen molar-refractivity contribution < 1.29 is 0 Å². The maximum Gasteiger partial charge on any atom is 0.137 e. The number of aromatic nitrogens is 2. The number of hydrogen-bond acceptors (Lipinski definition) is 3. The number of pyridine rings is 1. The monoisotopic (exact) mass is 260 g/mol. The lowest BCUT2D eigenvalue weighted by atomic mass is 10.0. The van der Waals surface area contributed by atoms with E-state index >= 15 is 0 Å². The second kappa shape index (κ2) is 6.17. The summed E-state index contributed by atoms with van der Waals surface area (Å²) in [6.45, 7) is 6.45. The van der Waals surface area contributed by atoms with Gasteiger partial charge in [0.25, 0.3) is 0 Å². The van der Waals surface area contributed by atoms with Crippen LogP contribution >= 0.6 is 0 Å². The van der Waals surface area contributed by atoms with Gasteiger partial charge < -0.3 is 15.2 Å². The van der Waals surface area contributed by atoms with Crippen LogP contribution in [0.2, 0.25) is 0 Å². The molecule has 0 aliphatic rings. The number of nitrogens with one attached hydrogen (secondary N) is 2. The molecule has 1 atom stereocenters. The van der Waals surface area contributed by atoms with Crippen molar-refractivity contribution in [1.29, 1.82) is 0 Å². The standard InChI is InChI=1S/C15H24N4/c1-11(2)14(10-19(3)4)17-8-12-9-18-15-13(12)6-5-7-16-15/h5-7,9,11,14,17H,8,10H2,1-4H3,(H,16,18). The SMILES string of the molecule is CC(C)C(CN(C)C)NCc1c[nH]c2ncccc12. The summed E-state index contributed by atoms with van der Waals surface area (Å²) >= 11 is 0. The summed E-state index contributed by atoms with van der Waals surface area (Å²) in [6.07, 6.45) is 3.87. The average Bonchev–Trinajstić information content (AvgIpc) is 2.77. The molecule has 0 bridgehead atoms. The molecule has 4 heteroatoms. The Hall–Kier alpha value is -1.39. The Morgan fingerprint density at radius 3 is 2.84 bits per heavy atom. The van der Waals surface area contributed by atoms with Crippen LogP contribution in [-0.4, -0.2) is 41.5 Å². The summed E-state index contributed by atoms with van der Waals surface area (Å²) in [5, 5.41) is 4.87. The molecular formula is C15H24N4. The Labute approximate surface area is 115 Å².